The van der Waals surface area contributed by atoms with Gasteiger partial charge in [0.25, 0.3) is 0 Å². The highest BCUT2D eigenvalue weighted by atomic mass is 16.5. The summed E-state index contributed by atoms with van der Waals surface area (Å²) in [6, 6.07) is 7.83. The quantitative estimate of drug-likeness (QED) is 0.764. The maximum absolute atomic E-state index is 10.2. The van der Waals surface area contributed by atoms with Crippen molar-refractivity contribution >= 4 is 0 Å². The van der Waals surface area contributed by atoms with Crippen LogP contribution in [-0.2, 0) is 12.0 Å². The molecular formula is C20H24N4O2. The van der Waals surface area contributed by atoms with E-state index in [0.29, 0.717) is 17.9 Å². The van der Waals surface area contributed by atoms with Crippen LogP contribution in [0.2, 0.25) is 0 Å². The maximum atomic E-state index is 10.2. The summed E-state index contributed by atoms with van der Waals surface area (Å²) in [6.07, 6.45) is 4.29. The Hall–Kier alpha value is -2.73. The smallest absolute Gasteiger partial charge is 0.143 e. The van der Waals surface area contributed by atoms with E-state index in [9.17, 15) is 5.11 Å². The molecule has 0 saturated heterocycles. The lowest BCUT2D eigenvalue weighted by atomic mass is 10.0. The number of rotatable bonds is 5. The first-order valence-corrected chi connectivity index (χ1v) is 8.51. The molecule has 0 aliphatic heterocycles. The number of aryl methyl sites for hydroxylation is 2. The molecule has 0 saturated carbocycles. The Morgan fingerprint density at radius 3 is 2.50 bits per heavy atom. The zero-order valence-electron chi connectivity index (χ0n) is 15.8. The molecule has 0 bridgehead atoms. The molecule has 136 valence electrons. The Labute approximate surface area is 153 Å². The second kappa shape index (κ2) is 6.88. The number of benzene rings is 1. The van der Waals surface area contributed by atoms with Crippen LogP contribution in [0.3, 0.4) is 0 Å². The molecule has 1 aromatic carbocycles. The zero-order chi connectivity index (χ0) is 18.9. The molecule has 0 spiro atoms. The van der Waals surface area contributed by atoms with Crippen LogP contribution >= 0.6 is 0 Å². The van der Waals surface area contributed by atoms with Crippen molar-refractivity contribution < 1.29 is 9.84 Å². The fourth-order valence-electron chi connectivity index (χ4n) is 2.80. The molecule has 26 heavy (non-hydrogen) atoms. The van der Waals surface area contributed by atoms with Gasteiger partial charge in [0.05, 0.1) is 30.5 Å². The highest BCUT2D eigenvalue weighted by Crippen LogP contribution is 2.26. The molecule has 6 nitrogen and oxygen atoms in total. The Morgan fingerprint density at radius 1 is 1.12 bits per heavy atom. The summed E-state index contributed by atoms with van der Waals surface area (Å²) in [6.45, 7) is 7.31. The Morgan fingerprint density at radius 2 is 1.88 bits per heavy atom. The van der Waals surface area contributed by atoms with Crippen LogP contribution in [0.1, 0.15) is 42.3 Å². The normalized spacial score (nSPS) is 11.6. The number of ether oxygens (including phenoxy) is 1. The minimum Gasteiger partial charge on any atom is -0.495 e. The van der Waals surface area contributed by atoms with Crippen molar-refractivity contribution in [3.63, 3.8) is 0 Å². The summed E-state index contributed by atoms with van der Waals surface area (Å²) in [7, 11) is 1.65. The van der Waals surface area contributed by atoms with Gasteiger partial charge in [0.2, 0.25) is 0 Å². The molecular weight excluding hydrogens is 328 g/mol. The fourth-order valence-corrected chi connectivity index (χ4v) is 2.80. The van der Waals surface area contributed by atoms with Gasteiger partial charge in [0.15, 0.2) is 0 Å². The largest absolute Gasteiger partial charge is 0.495 e. The molecule has 3 aromatic rings. The first kappa shape index (κ1) is 18.1. The number of hydrogen-bond acceptors (Lipinski definition) is 5. The van der Waals surface area contributed by atoms with Gasteiger partial charge in [-0.15, -0.1) is 0 Å². The Kier molecular flexibility index (Phi) is 4.78. The molecule has 0 aliphatic rings. The summed E-state index contributed by atoms with van der Waals surface area (Å²) < 4.78 is 7.50. The van der Waals surface area contributed by atoms with E-state index in [1.165, 1.54) is 0 Å². The van der Waals surface area contributed by atoms with Gasteiger partial charge in [-0.1, -0.05) is 6.07 Å². The lowest BCUT2D eigenvalue weighted by Gasteiger charge is -2.18. The van der Waals surface area contributed by atoms with E-state index >= 15 is 0 Å². The van der Waals surface area contributed by atoms with Crippen molar-refractivity contribution in [1.82, 2.24) is 19.5 Å². The van der Waals surface area contributed by atoms with Crippen LogP contribution in [0.5, 0.6) is 5.75 Å². The standard InChI is InChI=1S/C20H24N4O2/c1-13-8-18(20(3,4)25)23-19(22-13)10-15-6-7-16(17(9-15)26-5)24-11-14(2)21-12-24/h6-9,11-12,25H,10H2,1-5H3. The van der Waals surface area contributed by atoms with E-state index in [-0.39, 0.29) is 0 Å². The van der Waals surface area contributed by atoms with Gasteiger partial charge in [-0.3, -0.25) is 0 Å². The van der Waals surface area contributed by atoms with E-state index in [1.807, 2.05) is 48.9 Å². The summed E-state index contributed by atoms with van der Waals surface area (Å²) in [5, 5.41) is 10.2. The first-order valence-electron chi connectivity index (χ1n) is 8.51. The van der Waals surface area contributed by atoms with Crippen molar-refractivity contribution in [3.05, 3.63) is 65.3 Å². The highest BCUT2D eigenvalue weighted by Gasteiger charge is 2.19. The van der Waals surface area contributed by atoms with E-state index in [0.717, 1.165) is 28.4 Å². The predicted octanol–water partition coefficient (Wildman–Crippen LogP) is 3.11. The average molecular weight is 352 g/mol. The maximum Gasteiger partial charge on any atom is 0.143 e. The second-order valence-corrected chi connectivity index (χ2v) is 6.98. The van der Waals surface area contributed by atoms with Gasteiger partial charge >= 0.3 is 0 Å². The monoisotopic (exact) mass is 352 g/mol. The Bertz CT molecular complexity index is 926. The molecule has 6 heteroatoms. The van der Waals surface area contributed by atoms with Crippen molar-refractivity contribution in [2.45, 2.75) is 39.7 Å². The molecule has 0 fully saturated rings. The third kappa shape index (κ3) is 3.91. The summed E-state index contributed by atoms with van der Waals surface area (Å²) in [5.74, 6) is 1.44. The van der Waals surface area contributed by atoms with E-state index in [1.54, 1.807) is 27.3 Å². The topological polar surface area (TPSA) is 73.1 Å². The van der Waals surface area contributed by atoms with E-state index < -0.39 is 5.60 Å². The molecule has 3 rings (SSSR count). The summed E-state index contributed by atoms with van der Waals surface area (Å²) in [4.78, 5) is 13.3. The van der Waals surface area contributed by atoms with Crippen molar-refractivity contribution in [1.29, 1.82) is 0 Å². The molecule has 0 unspecified atom stereocenters. The van der Waals surface area contributed by atoms with Crippen LogP contribution in [0.15, 0.2) is 36.8 Å². The molecule has 0 amide bonds. The number of aromatic nitrogens is 4. The van der Waals surface area contributed by atoms with Gasteiger partial charge in [0, 0.05) is 18.3 Å². The minimum absolute atomic E-state index is 0.560. The lowest BCUT2D eigenvalue weighted by molar-refractivity contribution is 0.0733. The molecule has 0 atom stereocenters. The number of hydrogen-bond donors (Lipinski definition) is 1. The number of imidazole rings is 1. The van der Waals surface area contributed by atoms with Crippen molar-refractivity contribution in [2.24, 2.45) is 0 Å². The van der Waals surface area contributed by atoms with Gasteiger partial charge in [-0.2, -0.15) is 0 Å². The summed E-state index contributed by atoms with van der Waals surface area (Å²) in [5.41, 5.74) is 3.38. The number of aliphatic hydroxyl groups is 1. The molecule has 1 N–H and O–H groups in total. The molecule has 0 radical (unpaired) electrons. The number of nitrogens with zero attached hydrogens (tertiary/aromatic N) is 4. The van der Waals surface area contributed by atoms with Gasteiger partial charge in [0.1, 0.15) is 17.2 Å². The predicted molar refractivity (Wildman–Crippen MR) is 99.7 cm³/mol. The Balaban J connectivity index is 1.93. The first-order chi connectivity index (χ1) is 12.3. The number of methoxy groups -OCH3 is 1. The van der Waals surface area contributed by atoms with Crippen LogP contribution in [0.25, 0.3) is 5.69 Å². The third-order valence-electron chi connectivity index (χ3n) is 4.12. The minimum atomic E-state index is -0.997. The van der Waals surface area contributed by atoms with Crippen LogP contribution in [-0.4, -0.2) is 31.7 Å². The molecule has 0 aliphatic carbocycles. The van der Waals surface area contributed by atoms with Gasteiger partial charge in [-0.05, 0) is 51.5 Å². The SMILES string of the molecule is COc1cc(Cc2nc(C)cc(C(C)(C)O)n2)ccc1-n1cnc(C)c1. The summed E-state index contributed by atoms with van der Waals surface area (Å²) >= 11 is 0. The van der Waals surface area contributed by atoms with E-state index in [4.69, 9.17) is 4.74 Å². The second-order valence-electron chi connectivity index (χ2n) is 6.98. The molecule has 2 heterocycles. The van der Waals surface area contributed by atoms with Crippen molar-refractivity contribution in [3.8, 4) is 11.4 Å². The van der Waals surface area contributed by atoms with Crippen LogP contribution in [0, 0.1) is 13.8 Å². The zero-order valence-corrected chi connectivity index (χ0v) is 15.8. The average Bonchev–Trinajstić information content (AvgIpc) is 2.99. The highest BCUT2D eigenvalue weighted by molar-refractivity contribution is 5.49. The van der Waals surface area contributed by atoms with Crippen molar-refractivity contribution in [2.75, 3.05) is 7.11 Å². The fraction of sp³-hybridized carbons (Fsp3) is 0.350. The van der Waals surface area contributed by atoms with Gasteiger partial charge < -0.3 is 14.4 Å². The van der Waals surface area contributed by atoms with Crippen LogP contribution < -0.4 is 4.74 Å². The third-order valence-corrected chi connectivity index (χ3v) is 4.12. The lowest BCUT2D eigenvalue weighted by Crippen LogP contribution is -2.19. The molecule has 2 aromatic heterocycles. The van der Waals surface area contributed by atoms with Crippen LogP contribution in [0.4, 0.5) is 0 Å². The van der Waals surface area contributed by atoms with Gasteiger partial charge in [-0.25, -0.2) is 15.0 Å². The van der Waals surface area contributed by atoms with E-state index in [2.05, 4.69) is 15.0 Å².